The average Bonchev–Trinajstić information content (AvgIpc) is 2.17. The lowest BCUT2D eigenvalue weighted by atomic mass is 10.1. The molecule has 0 radical (unpaired) electrons. The maximum Gasteiger partial charge on any atom is 0.224 e. The summed E-state index contributed by atoms with van der Waals surface area (Å²) in [7, 11) is 0. The molecule has 3 heteroatoms. The van der Waals surface area contributed by atoms with Gasteiger partial charge in [0, 0.05) is 17.8 Å². The molecule has 82 valence electrons. The Balaban J connectivity index is 2.51. The molecule has 1 aromatic carbocycles. The largest absolute Gasteiger partial charge is 0.399 e. The monoisotopic (exact) mass is 206 g/mol. The van der Waals surface area contributed by atoms with E-state index in [9.17, 15) is 4.79 Å². The van der Waals surface area contributed by atoms with Crippen molar-refractivity contribution in [2.24, 2.45) is 5.92 Å². The fraction of sp³-hybridized carbons (Fsp3) is 0.417. The molecule has 3 nitrogen and oxygen atoms in total. The number of hydrogen-bond acceptors (Lipinski definition) is 2. The van der Waals surface area contributed by atoms with Gasteiger partial charge in [-0.1, -0.05) is 26.3 Å². The number of nitrogens with two attached hydrogens (primary N) is 1. The van der Waals surface area contributed by atoms with E-state index in [1.54, 1.807) is 12.1 Å². The maximum absolute atomic E-state index is 11.5. The highest BCUT2D eigenvalue weighted by Gasteiger charge is 2.07. The molecule has 0 bridgehead atoms. The van der Waals surface area contributed by atoms with Crippen LogP contribution in [0.3, 0.4) is 0 Å². The van der Waals surface area contributed by atoms with Gasteiger partial charge >= 0.3 is 0 Å². The third kappa shape index (κ3) is 4.02. The van der Waals surface area contributed by atoms with Gasteiger partial charge in [0.2, 0.25) is 5.91 Å². The maximum atomic E-state index is 11.5. The summed E-state index contributed by atoms with van der Waals surface area (Å²) >= 11 is 0. The van der Waals surface area contributed by atoms with Gasteiger partial charge in [0.05, 0.1) is 0 Å². The van der Waals surface area contributed by atoms with Crippen molar-refractivity contribution in [3.05, 3.63) is 24.3 Å². The van der Waals surface area contributed by atoms with E-state index in [1.807, 2.05) is 12.1 Å². The van der Waals surface area contributed by atoms with Crippen LogP contribution in [0.5, 0.6) is 0 Å². The minimum absolute atomic E-state index is 0.0509. The van der Waals surface area contributed by atoms with E-state index in [-0.39, 0.29) is 5.91 Å². The van der Waals surface area contributed by atoms with Gasteiger partial charge in [-0.25, -0.2) is 0 Å². The third-order valence-electron chi connectivity index (χ3n) is 2.40. The van der Waals surface area contributed by atoms with E-state index in [2.05, 4.69) is 19.2 Å². The molecule has 0 aliphatic heterocycles. The summed E-state index contributed by atoms with van der Waals surface area (Å²) in [5.41, 5.74) is 7.04. The normalized spacial score (nSPS) is 12.1. The Kier molecular flexibility index (Phi) is 4.16. The average molecular weight is 206 g/mol. The summed E-state index contributed by atoms with van der Waals surface area (Å²) in [4.78, 5) is 11.5. The molecule has 0 fully saturated rings. The third-order valence-corrected chi connectivity index (χ3v) is 2.40. The lowest BCUT2D eigenvalue weighted by Gasteiger charge is -2.09. The number of anilines is 2. The van der Waals surface area contributed by atoms with Crippen molar-refractivity contribution >= 4 is 17.3 Å². The van der Waals surface area contributed by atoms with Crippen LogP contribution in [0.4, 0.5) is 11.4 Å². The Hall–Kier alpha value is -1.51. The highest BCUT2D eigenvalue weighted by atomic mass is 16.1. The molecule has 0 aliphatic rings. The Labute approximate surface area is 90.7 Å². The molecule has 1 amide bonds. The lowest BCUT2D eigenvalue weighted by Crippen LogP contribution is -2.14. The fourth-order valence-electron chi connectivity index (χ4n) is 1.29. The van der Waals surface area contributed by atoms with Crippen molar-refractivity contribution in [1.29, 1.82) is 0 Å². The Bertz CT molecular complexity index is 336. The minimum atomic E-state index is 0.0509. The molecule has 15 heavy (non-hydrogen) atoms. The van der Waals surface area contributed by atoms with Gasteiger partial charge in [0.1, 0.15) is 0 Å². The first-order valence-electron chi connectivity index (χ1n) is 5.27. The fourth-order valence-corrected chi connectivity index (χ4v) is 1.29. The van der Waals surface area contributed by atoms with Gasteiger partial charge in [-0.05, 0) is 24.1 Å². The lowest BCUT2D eigenvalue weighted by molar-refractivity contribution is -0.117. The van der Waals surface area contributed by atoms with Crippen molar-refractivity contribution in [3.8, 4) is 0 Å². The van der Waals surface area contributed by atoms with Crippen LogP contribution < -0.4 is 11.1 Å². The highest BCUT2D eigenvalue weighted by molar-refractivity contribution is 5.91. The van der Waals surface area contributed by atoms with Crippen molar-refractivity contribution in [2.45, 2.75) is 26.7 Å². The summed E-state index contributed by atoms with van der Waals surface area (Å²) in [6, 6.07) is 7.22. The first kappa shape index (κ1) is 11.6. The zero-order valence-electron chi connectivity index (χ0n) is 9.29. The first-order valence-corrected chi connectivity index (χ1v) is 5.27. The quantitative estimate of drug-likeness (QED) is 0.744. The molecule has 3 N–H and O–H groups in total. The van der Waals surface area contributed by atoms with Gasteiger partial charge in [0.15, 0.2) is 0 Å². The van der Waals surface area contributed by atoms with Crippen LogP contribution in [-0.2, 0) is 4.79 Å². The number of carbonyl (C=O) groups is 1. The van der Waals surface area contributed by atoms with Crippen LogP contribution in [-0.4, -0.2) is 5.91 Å². The summed E-state index contributed by atoms with van der Waals surface area (Å²) < 4.78 is 0. The van der Waals surface area contributed by atoms with E-state index < -0.39 is 0 Å². The van der Waals surface area contributed by atoms with Crippen LogP contribution in [0.2, 0.25) is 0 Å². The second kappa shape index (κ2) is 5.39. The number of carbonyl (C=O) groups excluding carboxylic acids is 1. The molecule has 1 unspecified atom stereocenters. The smallest absolute Gasteiger partial charge is 0.224 e. The predicted octanol–water partition coefficient (Wildman–Crippen LogP) is 2.64. The summed E-state index contributed by atoms with van der Waals surface area (Å²) in [5, 5.41) is 2.83. The van der Waals surface area contributed by atoms with E-state index in [4.69, 9.17) is 5.73 Å². The zero-order valence-corrected chi connectivity index (χ0v) is 9.29. The van der Waals surface area contributed by atoms with Crippen LogP contribution in [0.15, 0.2) is 24.3 Å². The molecule has 1 rings (SSSR count). The Morgan fingerprint density at radius 2 is 2.27 bits per heavy atom. The number of hydrogen-bond donors (Lipinski definition) is 2. The van der Waals surface area contributed by atoms with Gasteiger partial charge in [0.25, 0.3) is 0 Å². The van der Waals surface area contributed by atoms with Crippen molar-refractivity contribution in [1.82, 2.24) is 0 Å². The number of benzene rings is 1. The van der Waals surface area contributed by atoms with Crippen molar-refractivity contribution < 1.29 is 4.79 Å². The van der Waals surface area contributed by atoms with E-state index in [0.717, 1.165) is 12.1 Å². The molecular weight excluding hydrogens is 188 g/mol. The van der Waals surface area contributed by atoms with E-state index >= 15 is 0 Å². The molecule has 1 atom stereocenters. The van der Waals surface area contributed by atoms with Crippen LogP contribution in [0.25, 0.3) is 0 Å². The molecular formula is C12H18N2O. The molecule has 1 aromatic rings. The Morgan fingerprint density at radius 1 is 1.53 bits per heavy atom. The van der Waals surface area contributed by atoms with Crippen molar-refractivity contribution in [3.63, 3.8) is 0 Å². The molecule has 0 spiro atoms. The van der Waals surface area contributed by atoms with E-state index in [0.29, 0.717) is 18.0 Å². The molecule has 0 saturated heterocycles. The predicted molar refractivity (Wildman–Crippen MR) is 63.6 cm³/mol. The van der Waals surface area contributed by atoms with Crippen LogP contribution in [0, 0.1) is 5.92 Å². The highest BCUT2D eigenvalue weighted by Crippen LogP contribution is 2.13. The second-order valence-electron chi connectivity index (χ2n) is 3.89. The van der Waals surface area contributed by atoms with Gasteiger partial charge < -0.3 is 11.1 Å². The SMILES string of the molecule is CCC(C)CC(=O)Nc1cccc(N)c1. The molecule has 0 aliphatic carbocycles. The number of nitrogens with one attached hydrogen (secondary N) is 1. The second-order valence-corrected chi connectivity index (χ2v) is 3.89. The van der Waals surface area contributed by atoms with Crippen molar-refractivity contribution in [2.75, 3.05) is 11.1 Å². The molecule has 0 heterocycles. The molecule has 0 aromatic heterocycles. The van der Waals surface area contributed by atoms with Crippen LogP contribution in [0.1, 0.15) is 26.7 Å². The zero-order chi connectivity index (χ0) is 11.3. The number of amides is 1. The van der Waals surface area contributed by atoms with Crippen LogP contribution >= 0.6 is 0 Å². The minimum Gasteiger partial charge on any atom is -0.399 e. The standard InChI is InChI=1S/C12H18N2O/c1-3-9(2)7-12(15)14-11-6-4-5-10(13)8-11/h4-6,8-9H,3,7,13H2,1-2H3,(H,14,15). The summed E-state index contributed by atoms with van der Waals surface area (Å²) in [5.74, 6) is 0.473. The number of nitrogen functional groups attached to an aromatic ring is 1. The summed E-state index contributed by atoms with van der Waals surface area (Å²) in [6.07, 6.45) is 1.58. The Morgan fingerprint density at radius 3 is 2.87 bits per heavy atom. The van der Waals surface area contributed by atoms with Gasteiger partial charge in [-0.15, -0.1) is 0 Å². The van der Waals surface area contributed by atoms with Gasteiger partial charge in [-0.2, -0.15) is 0 Å². The molecule has 0 saturated carbocycles. The van der Waals surface area contributed by atoms with Gasteiger partial charge in [-0.3, -0.25) is 4.79 Å². The van der Waals surface area contributed by atoms with E-state index in [1.165, 1.54) is 0 Å². The number of rotatable bonds is 4. The first-order chi connectivity index (χ1) is 7.11. The summed E-state index contributed by atoms with van der Waals surface area (Å²) in [6.45, 7) is 4.15. The topological polar surface area (TPSA) is 55.1 Å².